The maximum Gasteiger partial charge on any atom is 0.191 e. The van der Waals surface area contributed by atoms with Gasteiger partial charge in [-0.15, -0.1) is 24.0 Å². The second-order valence-electron chi connectivity index (χ2n) is 6.97. The summed E-state index contributed by atoms with van der Waals surface area (Å²) < 4.78 is 0. The van der Waals surface area contributed by atoms with Crippen LogP contribution in [0.25, 0.3) is 0 Å². The summed E-state index contributed by atoms with van der Waals surface area (Å²) in [4.78, 5) is 9.17. The Hall–Kier alpha value is -0.380. The summed E-state index contributed by atoms with van der Waals surface area (Å²) in [6.07, 6.45) is 2.63. The molecule has 2 aliphatic heterocycles. The van der Waals surface area contributed by atoms with E-state index in [1.54, 1.807) is 0 Å². The lowest BCUT2D eigenvalue weighted by Crippen LogP contribution is -2.45. The van der Waals surface area contributed by atoms with Crippen molar-refractivity contribution in [2.75, 3.05) is 57.5 Å². The molecular formula is C19H31ClIN5S. The fourth-order valence-electron chi connectivity index (χ4n) is 3.47. The second kappa shape index (κ2) is 11.6. The second-order valence-corrected chi connectivity index (χ2v) is 8.78. The van der Waals surface area contributed by atoms with Crippen molar-refractivity contribution in [1.29, 1.82) is 0 Å². The lowest BCUT2D eigenvalue weighted by molar-refractivity contribution is 0.312. The highest BCUT2D eigenvalue weighted by Crippen LogP contribution is 2.28. The van der Waals surface area contributed by atoms with E-state index in [1.807, 2.05) is 19.2 Å². The van der Waals surface area contributed by atoms with Gasteiger partial charge in [0.2, 0.25) is 0 Å². The quantitative estimate of drug-likeness (QED) is 0.352. The molecule has 27 heavy (non-hydrogen) atoms. The van der Waals surface area contributed by atoms with E-state index in [0.29, 0.717) is 11.8 Å². The molecule has 1 atom stereocenters. The molecule has 3 rings (SSSR count). The largest absolute Gasteiger partial charge is 0.369 e. The van der Waals surface area contributed by atoms with Crippen molar-refractivity contribution in [2.45, 2.75) is 24.6 Å². The van der Waals surface area contributed by atoms with Crippen LogP contribution in [-0.2, 0) is 6.54 Å². The van der Waals surface area contributed by atoms with E-state index in [-0.39, 0.29) is 24.0 Å². The number of likely N-dealkylation sites (N-methyl/N-ethyl adjacent to an activating group) is 1. The molecule has 0 radical (unpaired) electrons. The molecule has 152 valence electrons. The molecule has 8 heteroatoms. The fraction of sp³-hybridized carbons (Fsp3) is 0.632. The number of benzene rings is 1. The van der Waals surface area contributed by atoms with Gasteiger partial charge in [-0.25, -0.2) is 0 Å². The maximum atomic E-state index is 6.54. The van der Waals surface area contributed by atoms with E-state index in [0.717, 1.165) is 49.3 Å². The Labute approximate surface area is 189 Å². The molecule has 0 amide bonds. The van der Waals surface area contributed by atoms with Gasteiger partial charge < -0.3 is 20.4 Å². The highest BCUT2D eigenvalue weighted by molar-refractivity contribution is 14.0. The fourth-order valence-corrected chi connectivity index (χ4v) is 4.91. The molecule has 0 spiro atoms. The predicted molar refractivity (Wildman–Crippen MR) is 130 cm³/mol. The van der Waals surface area contributed by atoms with Gasteiger partial charge in [-0.3, -0.25) is 4.99 Å². The van der Waals surface area contributed by atoms with E-state index in [2.05, 4.69) is 50.3 Å². The third-order valence-corrected chi connectivity index (χ3v) is 6.87. The van der Waals surface area contributed by atoms with Crippen LogP contribution in [-0.4, -0.2) is 68.7 Å². The summed E-state index contributed by atoms with van der Waals surface area (Å²) >= 11 is 8.60. The molecule has 1 aromatic rings. The minimum absolute atomic E-state index is 0. The van der Waals surface area contributed by atoms with Crippen LogP contribution in [0.3, 0.4) is 0 Å². The summed E-state index contributed by atoms with van der Waals surface area (Å²) in [6.45, 7) is 5.89. The molecule has 2 saturated heterocycles. The van der Waals surface area contributed by atoms with Gasteiger partial charge in [-0.05, 0) is 37.8 Å². The number of nitrogens with one attached hydrogen (secondary N) is 2. The van der Waals surface area contributed by atoms with Crippen molar-refractivity contribution in [2.24, 2.45) is 4.99 Å². The van der Waals surface area contributed by atoms with Crippen molar-refractivity contribution in [3.63, 3.8) is 0 Å². The molecule has 1 unspecified atom stereocenters. The Morgan fingerprint density at radius 3 is 2.70 bits per heavy atom. The van der Waals surface area contributed by atoms with Crippen LogP contribution in [0.15, 0.2) is 23.2 Å². The predicted octanol–water partition coefficient (Wildman–Crippen LogP) is 3.27. The van der Waals surface area contributed by atoms with E-state index in [4.69, 9.17) is 11.6 Å². The first kappa shape index (κ1) is 22.9. The Morgan fingerprint density at radius 1 is 1.26 bits per heavy atom. The van der Waals surface area contributed by atoms with E-state index < -0.39 is 0 Å². The number of piperazine rings is 1. The first-order valence-electron chi connectivity index (χ1n) is 9.44. The zero-order valence-corrected chi connectivity index (χ0v) is 20.1. The standard InChI is InChI=1S/C19H30ClN5S.HI/c1-21-19(22-13-15-5-4-12-26-15)23-14-16-17(20)6-3-7-18(16)25-10-8-24(2)9-11-25;/h3,6-7,15H,4-5,8-14H2,1-2H3,(H2,21,22,23);1H. The van der Waals surface area contributed by atoms with E-state index in [9.17, 15) is 0 Å². The summed E-state index contributed by atoms with van der Waals surface area (Å²) in [6, 6.07) is 6.20. The van der Waals surface area contributed by atoms with Crippen molar-refractivity contribution >= 4 is 59.0 Å². The maximum absolute atomic E-state index is 6.54. The van der Waals surface area contributed by atoms with E-state index >= 15 is 0 Å². The molecular weight excluding hydrogens is 493 g/mol. The number of thioether (sulfide) groups is 1. The molecule has 2 aliphatic rings. The number of hydrogen-bond acceptors (Lipinski definition) is 4. The average Bonchev–Trinajstić information content (AvgIpc) is 3.17. The van der Waals surface area contributed by atoms with Gasteiger partial charge in [0.1, 0.15) is 0 Å². The van der Waals surface area contributed by atoms with Gasteiger partial charge in [0, 0.05) is 67.8 Å². The molecule has 2 heterocycles. The number of nitrogens with zero attached hydrogens (tertiary/aromatic N) is 3. The Bertz CT molecular complexity index is 616. The van der Waals surface area contributed by atoms with Crippen molar-refractivity contribution in [1.82, 2.24) is 15.5 Å². The normalized spacial score (nSPS) is 21.1. The van der Waals surface area contributed by atoms with Crippen molar-refractivity contribution in [3.8, 4) is 0 Å². The van der Waals surface area contributed by atoms with Crippen LogP contribution >= 0.6 is 47.3 Å². The third kappa shape index (κ3) is 6.58. The molecule has 5 nitrogen and oxygen atoms in total. The van der Waals surface area contributed by atoms with Crippen LogP contribution in [0.5, 0.6) is 0 Å². The van der Waals surface area contributed by atoms with Crippen molar-refractivity contribution < 1.29 is 0 Å². The van der Waals surface area contributed by atoms with Crippen LogP contribution < -0.4 is 15.5 Å². The third-order valence-electron chi connectivity index (χ3n) is 5.12. The van der Waals surface area contributed by atoms with Crippen LogP contribution in [0.4, 0.5) is 5.69 Å². The number of anilines is 1. The zero-order valence-electron chi connectivity index (χ0n) is 16.2. The molecule has 2 N–H and O–H groups in total. The van der Waals surface area contributed by atoms with Gasteiger partial charge in [0.05, 0.1) is 0 Å². The number of rotatable bonds is 5. The zero-order chi connectivity index (χ0) is 18.4. The molecule has 2 fully saturated rings. The number of halogens is 2. The van der Waals surface area contributed by atoms with Crippen molar-refractivity contribution in [3.05, 3.63) is 28.8 Å². The van der Waals surface area contributed by atoms with Crippen LogP contribution in [0.1, 0.15) is 18.4 Å². The lowest BCUT2D eigenvalue weighted by Gasteiger charge is -2.35. The molecule has 0 saturated carbocycles. The molecule has 0 bridgehead atoms. The summed E-state index contributed by atoms with van der Waals surface area (Å²) in [5, 5.41) is 8.43. The van der Waals surface area contributed by atoms with Gasteiger partial charge in [0.25, 0.3) is 0 Å². The molecule has 0 aliphatic carbocycles. The van der Waals surface area contributed by atoms with Gasteiger partial charge in [-0.2, -0.15) is 11.8 Å². The summed E-state index contributed by atoms with van der Waals surface area (Å²) in [5.74, 6) is 2.13. The van der Waals surface area contributed by atoms with Crippen LogP contribution in [0.2, 0.25) is 5.02 Å². The monoisotopic (exact) mass is 523 g/mol. The highest BCUT2D eigenvalue weighted by atomic mass is 127. The Kier molecular flexibility index (Phi) is 9.82. The number of hydrogen-bond donors (Lipinski definition) is 2. The highest BCUT2D eigenvalue weighted by Gasteiger charge is 2.19. The molecule has 0 aromatic heterocycles. The number of guanidine groups is 1. The Morgan fingerprint density at radius 2 is 2.04 bits per heavy atom. The Balaban J connectivity index is 0.00000261. The van der Waals surface area contributed by atoms with Gasteiger partial charge >= 0.3 is 0 Å². The van der Waals surface area contributed by atoms with Gasteiger partial charge in [-0.1, -0.05) is 17.7 Å². The topological polar surface area (TPSA) is 42.9 Å². The number of aliphatic imine (C=N–C) groups is 1. The first-order valence-corrected chi connectivity index (χ1v) is 10.9. The SMILES string of the molecule is CN=C(NCc1c(Cl)cccc1N1CCN(C)CC1)NCC1CCCS1.I. The summed E-state index contributed by atoms with van der Waals surface area (Å²) in [7, 11) is 4.00. The smallest absolute Gasteiger partial charge is 0.191 e. The van der Waals surface area contributed by atoms with E-state index in [1.165, 1.54) is 24.3 Å². The minimum atomic E-state index is 0. The van der Waals surface area contributed by atoms with Crippen LogP contribution in [0, 0.1) is 0 Å². The average molecular weight is 524 g/mol. The first-order chi connectivity index (χ1) is 12.7. The molecule has 1 aromatic carbocycles. The lowest BCUT2D eigenvalue weighted by atomic mass is 10.1. The summed E-state index contributed by atoms with van der Waals surface area (Å²) in [5.41, 5.74) is 2.39. The van der Waals surface area contributed by atoms with Gasteiger partial charge in [0.15, 0.2) is 5.96 Å². The minimum Gasteiger partial charge on any atom is -0.369 e.